The van der Waals surface area contributed by atoms with Crippen LogP contribution in [-0.4, -0.2) is 12.5 Å². The van der Waals surface area contributed by atoms with Crippen molar-refractivity contribution in [2.24, 2.45) is 0 Å². The van der Waals surface area contributed by atoms with Gasteiger partial charge in [0, 0.05) is 12.1 Å². The van der Waals surface area contributed by atoms with Crippen LogP contribution < -0.4 is 5.32 Å². The van der Waals surface area contributed by atoms with Crippen molar-refractivity contribution in [2.45, 2.75) is 18.7 Å². The van der Waals surface area contributed by atoms with E-state index in [-0.39, 0.29) is 11.5 Å². The van der Waals surface area contributed by atoms with Crippen molar-refractivity contribution < 1.29 is 9.18 Å². The minimum absolute atomic E-state index is 0.216. The summed E-state index contributed by atoms with van der Waals surface area (Å²) in [6, 6.07) is 6.02. The maximum absolute atomic E-state index is 13.3. The van der Waals surface area contributed by atoms with Crippen LogP contribution in [0.15, 0.2) is 24.3 Å². The molecule has 0 fully saturated rings. The highest BCUT2D eigenvalue weighted by Crippen LogP contribution is 2.22. The molecule has 15 heavy (non-hydrogen) atoms. The van der Waals surface area contributed by atoms with Crippen LogP contribution in [0.5, 0.6) is 0 Å². The highest BCUT2D eigenvalue weighted by atomic mass is 35.5. The summed E-state index contributed by atoms with van der Waals surface area (Å²) >= 11 is 5.85. The average molecular weight is 230 g/mol. The van der Waals surface area contributed by atoms with E-state index < -0.39 is 11.2 Å². The molecule has 1 unspecified atom stereocenters. The molecule has 1 amide bonds. The zero-order valence-corrected chi connectivity index (χ0v) is 9.22. The number of carbonyl (C=O) groups excluding carboxylic acids is 1. The lowest BCUT2D eigenvalue weighted by molar-refractivity contribution is -0.120. The predicted molar refractivity (Wildman–Crippen MR) is 58.3 cm³/mol. The van der Waals surface area contributed by atoms with Gasteiger partial charge in [0.25, 0.3) is 0 Å². The van der Waals surface area contributed by atoms with Gasteiger partial charge in [-0.1, -0.05) is 25.1 Å². The molecule has 1 aromatic rings. The molecule has 0 spiro atoms. The average Bonchev–Trinajstić information content (AvgIpc) is 2.25. The fraction of sp³-hybridized carbons (Fsp3) is 0.364. The van der Waals surface area contributed by atoms with Gasteiger partial charge in [0.15, 0.2) is 0 Å². The van der Waals surface area contributed by atoms with E-state index in [9.17, 15) is 9.18 Å². The highest BCUT2D eigenvalue weighted by Gasteiger charge is 2.19. The zero-order chi connectivity index (χ0) is 11.3. The molecule has 0 saturated carbocycles. The third-order valence-corrected chi connectivity index (χ3v) is 2.39. The van der Waals surface area contributed by atoms with E-state index in [2.05, 4.69) is 5.32 Å². The lowest BCUT2D eigenvalue weighted by Crippen LogP contribution is -2.27. The van der Waals surface area contributed by atoms with Crippen molar-refractivity contribution in [3.8, 4) is 0 Å². The Hall–Kier alpha value is -1.09. The van der Waals surface area contributed by atoms with E-state index in [4.69, 9.17) is 11.6 Å². The maximum atomic E-state index is 13.3. The Balaban J connectivity index is 2.72. The number of hydrogen-bond donors (Lipinski definition) is 1. The van der Waals surface area contributed by atoms with Gasteiger partial charge < -0.3 is 5.32 Å². The first-order chi connectivity index (χ1) is 7.16. The summed E-state index contributed by atoms with van der Waals surface area (Å²) in [5.41, 5.74) is 0.216. The van der Waals surface area contributed by atoms with E-state index >= 15 is 0 Å². The van der Waals surface area contributed by atoms with Gasteiger partial charge in [-0.2, -0.15) is 0 Å². The minimum Gasteiger partial charge on any atom is -0.355 e. The first-order valence-electron chi connectivity index (χ1n) is 4.83. The normalized spacial score (nSPS) is 12.2. The molecule has 0 heterocycles. The SMILES string of the molecule is CCCNC(=O)C(Cl)c1ccccc1F. The van der Waals surface area contributed by atoms with Gasteiger partial charge in [-0.05, 0) is 12.5 Å². The minimum atomic E-state index is -0.960. The fourth-order valence-electron chi connectivity index (χ4n) is 1.16. The summed E-state index contributed by atoms with van der Waals surface area (Å²) in [7, 11) is 0. The molecule has 0 radical (unpaired) electrons. The molecule has 82 valence electrons. The number of carbonyl (C=O) groups is 1. The van der Waals surface area contributed by atoms with E-state index in [1.807, 2.05) is 6.92 Å². The van der Waals surface area contributed by atoms with E-state index in [0.29, 0.717) is 6.54 Å². The van der Waals surface area contributed by atoms with E-state index in [1.54, 1.807) is 12.1 Å². The van der Waals surface area contributed by atoms with Gasteiger partial charge in [-0.3, -0.25) is 4.79 Å². The molecule has 0 aromatic heterocycles. The van der Waals surface area contributed by atoms with Crippen LogP contribution >= 0.6 is 11.6 Å². The van der Waals surface area contributed by atoms with Gasteiger partial charge in [-0.15, -0.1) is 11.6 Å². The Bertz CT molecular complexity index is 343. The number of rotatable bonds is 4. The molecule has 0 saturated heterocycles. The standard InChI is InChI=1S/C11H13ClFNO/c1-2-7-14-11(15)10(12)8-5-3-4-6-9(8)13/h3-6,10H,2,7H2,1H3,(H,14,15). The Morgan fingerprint density at radius 3 is 2.80 bits per heavy atom. The van der Waals surface area contributed by atoms with Crippen LogP contribution in [0.2, 0.25) is 0 Å². The Morgan fingerprint density at radius 2 is 2.20 bits per heavy atom. The van der Waals surface area contributed by atoms with Gasteiger partial charge in [0.05, 0.1) is 0 Å². The van der Waals surface area contributed by atoms with E-state index in [1.165, 1.54) is 12.1 Å². The summed E-state index contributed by atoms with van der Waals surface area (Å²) in [5.74, 6) is -0.812. The molecule has 1 atom stereocenters. The zero-order valence-electron chi connectivity index (χ0n) is 8.47. The molecule has 1 N–H and O–H groups in total. The summed E-state index contributed by atoms with van der Waals surface area (Å²) in [6.07, 6.45) is 0.826. The predicted octanol–water partition coefficient (Wildman–Crippen LogP) is 2.63. The van der Waals surface area contributed by atoms with Crippen molar-refractivity contribution in [1.82, 2.24) is 5.32 Å². The highest BCUT2D eigenvalue weighted by molar-refractivity contribution is 6.30. The second-order valence-electron chi connectivity index (χ2n) is 3.18. The molecule has 1 aromatic carbocycles. The molecule has 0 aliphatic carbocycles. The molecule has 0 aliphatic rings. The van der Waals surface area contributed by atoms with Crippen molar-refractivity contribution in [2.75, 3.05) is 6.54 Å². The smallest absolute Gasteiger partial charge is 0.242 e. The monoisotopic (exact) mass is 229 g/mol. The molecule has 0 aliphatic heterocycles. The first kappa shape index (κ1) is 12.0. The van der Waals surface area contributed by atoms with Crippen LogP contribution in [0.3, 0.4) is 0 Å². The van der Waals surface area contributed by atoms with Crippen LogP contribution in [-0.2, 0) is 4.79 Å². The molecule has 1 rings (SSSR count). The lowest BCUT2D eigenvalue weighted by atomic mass is 10.1. The third-order valence-electron chi connectivity index (χ3n) is 1.96. The summed E-state index contributed by atoms with van der Waals surface area (Å²) in [4.78, 5) is 11.4. The van der Waals surface area contributed by atoms with Crippen LogP contribution in [0.1, 0.15) is 24.3 Å². The number of alkyl halides is 1. The van der Waals surface area contributed by atoms with Gasteiger partial charge in [0.2, 0.25) is 5.91 Å². The number of nitrogens with one attached hydrogen (secondary N) is 1. The second-order valence-corrected chi connectivity index (χ2v) is 3.61. The molecular formula is C11H13ClFNO. The van der Waals surface area contributed by atoms with Gasteiger partial charge in [0.1, 0.15) is 11.2 Å². The Morgan fingerprint density at radius 1 is 1.53 bits per heavy atom. The molecule has 2 nitrogen and oxygen atoms in total. The molecule has 0 bridgehead atoms. The Labute approximate surface area is 93.4 Å². The first-order valence-corrected chi connectivity index (χ1v) is 5.26. The number of hydrogen-bond acceptors (Lipinski definition) is 1. The van der Waals surface area contributed by atoms with Crippen molar-refractivity contribution in [1.29, 1.82) is 0 Å². The largest absolute Gasteiger partial charge is 0.355 e. The van der Waals surface area contributed by atoms with Crippen molar-refractivity contribution >= 4 is 17.5 Å². The van der Waals surface area contributed by atoms with Crippen molar-refractivity contribution in [3.05, 3.63) is 35.6 Å². The van der Waals surface area contributed by atoms with E-state index in [0.717, 1.165) is 6.42 Å². The summed E-state index contributed by atoms with van der Waals surface area (Å²) < 4.78 is 13.3. The van der Waals surface area contributed by atoms with Crippen molar-refractivity contribution in [3.63, 3.8) is 0 Å². The van der Waals surface area contributed by atoms with Crippen LogP contribution in [0, 0.1) is 5.82 Å². The summed E-state index contributed by atoms with van der Waals surface area (Å²) in [5, 5.41) is 1.66. The van der Waals surface area contributed by atoms with Gasteiger partial charge >= 0.3 is 0 Å². The maximum Gasteiger partial charge on any atom is 0.242 e. The number of benzene rings is 1. The summed E-state index contributed by atoms with van der Waals surface area (Å²) in [6.45, 7) is 2.49. The topological polar surface area (TPSA) is 29.1 Å². The van der Waals surface area contributed by atoms with Crippen LogP contribution in [0.25, 0.3) is 0 Å². The third kappa shape index (κ3) is 3.20. The number of halogens is 2. The quantitative estimate of drug-likeness (QED) is 0.791. The molecular weight excluding hydrogens is 217 g/mol. The lowest BCUT2D eigenvalue weighted by Gasteiger charge is -2.10. The Kier molecular flexibility index (Phi) is 4.56. The van der Waals surface area contributed by atoms with Crippen LogP contribution in [0.4, 0.5) is 4.39 Å². The fourth-order valence-corrected chi connectivity index (χ4v) is 1.41. The second kappa shape index (κ2) is 5.71. The molecule has 4 heteroatoms. The van der Waals surface area contributed by atoms with Gasteiger partial charge in [-0.25, -0.2) is 4.39 Å². The number of amides is 1.